The van der Waals surface area contributed by atoms with Crippen molar-refractivity contribution in [2.45, 2.75) is 32.2 Å². The minimum Gasteiger partial charge on any atom is -0.369 e. The van der Waals surface area contributed by atoms with E-state index in [1.807, 2.05) is 14.0 Å². The molecule has 4 heteroatoms. The van der Waals surface area contributed by atoms with Crippen LogP contribution >= 0.6 is 0 Å². The fourth-order valence-corrected chi connectivity index (χ4v) is 1.96. The lowest BCUT2D eigenvalue weighted by Crippen LogP contribution is -2.51. The maximum Gasteiger partial charge on any atom is 0.221 e. The van der Waals surface area contributed by atoms with Crippen molar-refractivity contribution in [2.24, 2.45) is 11.7 Å². The first-order chi connectivity index (χ1) is 6.97. The summed E-state index contributed by atoms with van der Waals surface area (Å²) < 4.78 is 0. The largest absolute Gasteiger partial charge is 0.369 e. The van der Waals surface area contributed by atoms with Crippen LogP contribution in [0.1, 0.15) is 26.7 Å². The smallest absolute Gasteiger partial charge is 0.221 e. The van der Waals surface area contributed by atoms with Gasteiger partial charge >= 0.3 is 0 Å². The summed E-state index contributed by atoms with van der Waals surface area (Å²) in [6.07, 6.45) is 2.27. The fourth-order valence-electron chi connectivity index (χ4n) is 1.96. The molecule has 3 N–H and O–H groups in total. The molecular formula is C11H23N3O. The first kappa shape index (κ1) is 12.5. The lowest BCUT2D eigenvalue weighted by Gasteiger charge is -2.39. The van der Waals surface area contributed by atoms with E-state index in [0.29, 0.717) is 0 Å². The van der Waals surface area contributed by atoms with Crippen molar-refractivity contribution in [3.05, 3.63) is 0 Å². The van der Waals surface area contributed by atoms with Crippen LogP contribution in [0.25, 0.3) is 0 Å². The molecule has 1 aliphatic rings. The maximum absolute atomic E-state index is 10.9. The van der Waals surface area contributed by atoms with Gasteiger partial charge in [-0.3, -0.25) is 4.79 Å². The van der Waals surface area contributed by atoms with Crippen LogP contribution in [0, 0.1) is 5.92 Å². The molecule has 0 aromatic rings. The lowest BCUT2D eigenvalue weighted by atomic mass is 9.89. The highest BCUT2D eigenvalue weighted by Crippen LogP contribution is 2.21. The molecule has 0 aromatic heterocycles. The van der Waals surface area contributed by atoms with E-state index < -0.39 is 0 Å². The molecule has 0 aliphatic carbocycles. The maximum atomic E-state index is 10.9. The number of nitrogens with one attached hydrogen (secondary N) is 1. The highest BCUT2D eigenvalue weighted by atomic mass is 16.1. The summed E-state index contributed by atoms with van der Waals surface area (Å²) in [6, 6.07) is 0. The molecule has 1 rings (SSSR count). The normalized spacial score (nSPS) is 23.7. The Morgan fingerprint density at radius 2 is 2.07 bits per heavy atom. The average Bonchev–Trinajstić information content (AvgIpc) is 2.21. The van der Waals surface area contributed by atoms with Crippen LogP contribution in [-0.2, 0) is 4.79 Å². The Balaban J connectivity index is 2.35. The van der Waals surface area contributed by atoms with Crippen LogP contribution < -0.4 is 11.1 Å². The molecule has 1 saturated heterocycles. The van der Waals surface area contributed by atoms with E-state index in [-0.39, 0.29) is 17.4 Å². The second-order valence-electron chi connectivity index (χ2n) is 4.91. The number of carbonyl (C=O) groups is 1. The van der Waals surface area contributed by atoms with Crippen molar-refractivity contribution in [1.29, 1.82) is 0 Å². The number of amides is 1. The summed E-state index contributed by atoms with van der Waals surface area (Å²) in [5, 5.41) is 3.36. The van der Waals surface area contributed by atoms with Crippen molar-refractivity contribution in [1.82, 2.24) is 10.2 Å². The summed E-state index contributed by atoms with van der Waals surface area (Å²) in [7, 11) is 2.02. The molecule has 0 aromatic carbocycles. The minimum absolute atomic E-state index is 0.0380. The van der Waals surface area contributed by atoms with E-state index in [4.69, 9.17) is 5.73 Å². The summed E-state index contributed by atoms with van der Waals surface area (Å²) in [5.41, 5.74) is 5.52. The van der Waals surface area contributed by atoms with Crippen molar-refractivity contribution in [3.8, 4) is 0 Å². The van der Waals surface area contributed by atoms with Crippen molar-refractivity contribution >= 4 is 5.91 Å². The number of hydrogen-bond acceptors (Lipinski definition) is 3. The SMILES string of the molecule is CNC1(C)CCN(CC(C)C(N)=O)CC1. The van der Waals surface area contributed by atoms with Crippen LogP contribution in [0.2, 0.25) is 0 Å². The third-order valence-corrected chi connectivity index (χ3v) is 3.58. The van der Waals surface area contributed by atoms with Gasteiger partial charge in [-0.15, -0.1) is 0 Å². The monoisotopic (exact) mass is 213 g/mol. The van der Waals surface area contributed by atoms with Gasteiger partial charge in [0.2, 0.25) is 5.91 Å². The number of likely N-dealkylation sites (tertiary alicyclic amines) is 1. The standard InChI is InChI=1S/C11H23N3O/c1-9(10(12)15)8-14-6-4-11(2,13-3)5-7-14/h9,13H,4-8H2,1-3H3,(H2,12,15). The zero-order chi connectivity index (χ0) is 11.5. The van der Waals surface area contributed by atoms with E-state index in [9.17, 15) is 4.79 Å². The third kappa shape index (κ3) is 3.47. The predicted molar refractivity (Wildman–Crippen MR) is 61.5 cm³/mol. The highest BCUT2D eigenvalue weighted by molar-refractivity contribution is 5.76. The van der Waals surface area contributed by atoms with Gasteiger partial charge in [0.15, 0.2) is 0 Å². The Bertz CT molecular complexity index is 222. The van der Waals surface area contributed by atoms with Gasteiger partial charge in [-0.1, -0.05) is 6.92 Å². The molecule has 15 heavy (non-hydrogen) atoms. The Morgan fingerprint density at radius 3 is 2.47 bits per heavy atom. The highest BCUT2D eigenvalue weighted by Gasteiger charge is 2.29. The zero-order valence-corrected chi connectivity index (χ0v) is 10.0. The van der Waals surface area contributed by atoms with Gasteiger partial charge in [0.1, 0.15) is 0 Å². The first-order valence-corrected chi connectivity index (χ1v) is 5.67. The minimum atomic E-state index is -0.197. The molecule has 1 atom stereocenters. The van der Waals surface area contributed by atoms with E-state index >= 15 is 0 Å². The molecule has 0 bridgehead atoms. The predicted octanol–water partition coefficient (Wildman–Crippen LogP) is 0.182. The van der Waals surface area contributed by atoms with Gasteiger partial charge in [-0.25, -0.2) is 0 Å². The summed E-state index contributed by atoms with van der Waals surface area (Å²) in [4.78, 5) is 13.3. The Morgan fingerprint density at radius 1 is 1.53 bits per heavy atom. The molecule has 4 nitrogen and oxygen atoms in total. The van der Waals surface area contributed by atoms with Gasteiger partial charge in [0.25, 0.3) is 0 Å². The number of carbonyl (C=O) groups excluding carboxylic acids is 1. The van der Waals surface area contributed by atoms with Gasteiger partial charge in [0.05, 0.1) is 0 Å². The Labute approximate surface area is 92.2 Å². The van der Waals surface area contributed by atoms with E-state index in [1.54, 1.807) is 0 Å². The van der Waals surface area contributed by atoms with Gasteiger partial charge in [-0.05, 0) is 39.9 Å². The van der Waals surface area contributed by atoms with Crippen LogP contribution in [-0.4, -0.2) is 43.0 Å². The van der Waals surface area contributed by atoms with Crippen molar-refractivity contribution < 1.29 is 4.79 Å². The molecule has 1 heterocycles. The number of hydrogen-bond donors (Lipinski definition) is 2. The molecule has 0 radical (unpaired) electrons. The van der Waals surface area contributed by atoms with Crippen molar-refractivity contribution in [2.75, 3.05) is 26.7 Å². The van der Waals surface area contributed by atoms with E-state index in [2.05, 4.69) is 17.1 Å². The summed E-state index contributed by atoms with van der Waals surface area (Å²) in [5.74, 6) is -0.235. The van der Waals surface area contributed by atoms with Gasteiger partial charge in [0, 0.05) is 18.0 Å². The van der Waals surface area contributed by atoms with E-state index in [1.165, 1.54) is 0 Å². The molecular weight excluding hydrogens is 190 g/mol. The molecule has 1 unspecified atom stereocenters. The van der Waals surface area contributed by atoms with Crippen molar-refractivity contribution in [3.63, 3.8) is 0 Å². The number of nitrogens with two attached hydrogens (primary N) is 1. The molecule has 0 saturated carbocycles. The molecule has 1 aliphatic heterocycles. The fraction of sp³-hybridized carbons (Fsp3) is 0.909. The van der Waals surface area contributed by atoms with Crippen LogP contribution in [0.15, 0.2) is 0 Å². The van der Waals surface area contributed by atoms with Crippen LogP contribution in [0.5, 0.6) is 0 Å². The summed E-state index contributed by atoms with van der Waals surface area (Å²) >= 11 is 0. The second kappa shape index (κ2) is 4.94. The molecule has 0 spiro atoms. The topological polar surface area (TPSA) is 58.4 Å². The van der Waals surface area contributed by atoms with E-state index in [0.717, 1.165) is 32.5 Å². The Kier molecular flexibility index (Phi) is 4.11. The van der Waals surface area contributed by atoms with Gasteiger partial charge < -0.3 is 16.0 Å². The quantitative estimate of drug-likeness (QED) is 0.700. The van der Waals surface area contributed by atoms with Gasteiger partial charge in [-0.2, -0.15) is 0 Å². The van der Waals surface area contributed by atoms with Crippen LogP contribution in [0.4, 0.5) is 0 Å². The Hall–Kier alpha value is -0.610. The number of piperidine rings is 1. The molecule has 1 fully saturated rings. The second-order valence-corrected chi connectivity index (χ2v) is 4.91. The number of rotatable bonds is 4. The summed E-state index contributed by atoms with van der Waals surface area (Å²) in [6.45, 7) is 7.05. The third-order valence-electron chi connectivity index (χ3n) is 3.58. The number of nitrogens with zero attached hydrogens (tertiary/aromatic N) is 1. The number of primary amides is 1. The molecule has 88 valence electrons. The average molecular weight is 213 g/mol. The zero-order valence-electron chi connectivity index (χ0n) is 10.0. The lowest BCUT2D eigenvalue weighted by molar-refractivity contribution is -0.122. The first-order valence-electron chi connectivity index (χ1n) is 5.67. The molecule has 1 amide bonds. The van der Waals surface area contributed by atoms with Crippen LogP contribution in [0.3, 0.4) is 0 Å².